The van der Waals surface area contributed by atoms with E-state index in [4.69, 9.17) is 0 Å². The highest BCUT2D eigenvalue weighted by atomic mass is 15.1. The van der Waals surface area contributed by atoms with Gasteiger partial charge in [0.25, 0.3) is 0 Å². The third-order valence-electron chi connectivity index (χ3n) is 2.04. The molecule has 3 rings (SSSR count). The van der Waals surface area contributed by atoms with Gasteiger partial charge in [-0.25, -0.2) is 0 Å². The molecular weight excluding hydrogens is 174 g/mol. The summed E-state index contributed by atoms with van der Waals surface area (Å²) in [5.41, 5.74) is 1.09. The number of hydrogen-bond donors (Lipinski definition) is 2. The van der Waals surface area contributed by atoms with Gasteiger partial charge in [0.2, 0.25) is 0 Å². The zero-order chi connectivity index (χ0) is 9.64. The lowest BCUT2D eigenvalue weighted by molar-refractivity contribution is 0.917. The van der Waals surface area contributed by atoms with Crippen molar-refractivity contribution in [3.63, 3.8) is 0 Å². The molecule has 0 radical (unpaired) electrons. The van der Waals surface area contributed by atoms with E-state index in [9.17, 15) is 0 Å². The fourth-order valence-corrected chi connectivity index (χ4v) is 1.30. The fourth-order valence-electron chi connectivity index (χ4n) is 1.30. The van der Waals surface area contributed by atoms with E-state index in [0.29, 0.717) is 0 Å². The average Bonchev–Trinajstić information content (AvgIpc) is 2.92. The highest BCUT2D eigenvalue weighted by Crippen LogP contribution is 2.06. The van der Waals surface area contributed by atoms with Gasteiger partial charge in [-0.2, -0.15) is 5.10 Å². The van der Waals surface area contributed by atoms with Crippen LogP contribution in [0.15, 0.2) is 42.7 Å². The van der Waals surface area contributed by atoms with Gasteiger partial charge in [0.15, 0.2) is 0 Å². The van der Waals surface area contributed by atoms with Crippen LogP contribution in [-0.4, -0.2) is 16.7 Å². The van der Waals surface area contributed by atoms with Gasteiger partial charge in [-0.15, -0.1) is 0 Å². The fraction of sp³-hybridized carbons (Fsp3) is 0.182. The Kier molecular flexibility index (Phi) is 2.81. The van der Waals surface area contributed by atoms with Crippen molar-refractivity contribution in [2.24, 2.45) is 0 Å². The van der Waals surface area contributed by atoms with Crippen LogP contribution < -0.4 is 5.32 Å². The number of rotatable bonds is 0. The van der Waals surface area contributed by atoms with Crippen molar-refractivity contribution >= 4 is 10.9 Å². The second kappa shape index (κ2) is 4.46. The van der Waals surface area contributed by atoms with Crippen LogP contribution in [0.25, 0.3) is 10.9 Å². The number of para-hydroxylation sites is 1. The first-order valence-electron chi connectivity index (χ1n) is 4.73. The van der Waals surface area contributed by atoms with Crippen molar-refractivity contribution in [1.82, 2.24) is 15.5 Å². The predicted molar refractivity (Wildman–Crippen MR) is 57.9 cm³/mol. The number of H-pyrrole nitrogens is 1. The topological polar surface area (TPSA) is 40.7 Å². The third-order valence-corrected chi connectivity index (χ3v) is 2.04. The quantitative estimate of drug-likeness (QED) is 0.662. The molecule has 0 atom stereocenters. The molecule has 0 aliphatic carbocycles. The monoisotopic (exact) mass is 187 g/mol. The van der Waals surface area contributed by atoms with E-state index in [-0.39, 0.29) is 0 Å². The van der Waals surface area contributed by atoms with E-state index in [1.54, 1.807) is 0 Å². The zero-order valence-corrected chi connectivity index (χ0v) is 7.90. The maximum atomic E-state index is 3.88. The van der Waals surface area contributed by atoms with E-state index in [2.05, 4.69) is 21.6 Å². The summed E-state index contributed by atoms with van der Waals surface area (Å²) in [6, 6.07) is 8.01. The molecule has 1 aromatic heterocycles. The molecule has 1 aliphatic rings. The van der Waals surface area contributed by atoms with Gasteiger partial charge < -0.3 is 5.32 Å². The lowest BCUT2D eigenvalue weighted by atomic mass is 10.3. The maximum Gasteiger partial charge on any atom is 0.0650 e. The number of aromatic amines is 1. The molecule has 0 saturated carbocycles. The summed E-state index contributed by atoms with van der Waals surface area (Å²) in [6.07, 6.45) is 7.13. The Bertz CT molecular complexity index is 381. The first-order chi connectivity index (χ1) is 6.97. The van der Waals surface area contributed by atoms with E-state index >= 15 is 0 Å². The number of aromatic nitrogens is 2. The van der Waals surface area contributed by atoms with Crippen LogP contribution >= 0.6 is 0 Å². The number of fused-ring (bicyclic) bond motifs is 1. The van der Waals surface area contributed by atoms with Crippen LogP contribution in [0.1, 0.15) is 6.42 Å². The van der Waals surface area contributed by atoms with Crippen molar-refractivity contribution in [2.75, 3.05) is 6.54 Å². The second-order valence-corrected chi connectivity index (χ2v) is 3.10. The largest absolute Gasteiger partial charge is 0.391 e. The van der Waals surface area contributed by atoms with Crippen LogP contribution in [0.4, 0.5) is 0 Å². The first kappa shape index (κ1) is 8.81. The molecule has 1 aromatic carbocycles. The second-order valence-electron chi connectivity index (χ2n) is 3.10. The molecule has 3 heteroatoms. The van der Waals surface area contributed by atoms with Crippen LogP contribution in [0.2, 0.25) is 0 Å². The van der Waals surface area contributed by atoms with Crippen molar-refractivity contribution in [2.45, 2.75) is 6.42 Å². The summed E-state index contributed by atoms with van der Waals surface area (Å²) >= 11 is 0. The predicted octanol–water partition coefficient (Wildman–Crippen LogP) is 2.06. The number of hydrogen-bond acceptors (Lipinski definition) is 2. The minimum Gasteiger partial charge on any atom is -0.391 e. The van der Waals surface area contributed by atoms with E-state index < -0.39 is 0 Å². The molecule has 0 amide bonds. The molecule has 0 saturated heterocycles. The molecular formula is C11H13N3. The van der Waals surface area contributed by atoms with Crippen LogP contribution in [0, 0.1) is 0 Å². The average molecular weight is 187 g/mol. The van der Waals surface area contributed by atoms with Crippen LogP contribution in [0.5, 0.6) is 0 Å². The molecule has 0 unspecified atom stereocenters. The minimum atomic E-state index is 1.09. The smallest absolute Gasteiger partial charge is 0.0650 e. The van der Waals surface area contributed by atoms with Gasteiger partial charge >= 0.3 is 0 Å². The maximum absolute atomic E-state index is 3.88. The van der Waals surface area contributed by atoms with Gasteiger partial charge in [0.1, 0.15) is 0 Å². The van der Waals surface area contributed by atoms with Crippen molar-refractivity contribution in [3.8, 4) is 0 Å². The van der Waals surface area contributed by atoms with Crippen LogP contribution in [-0.2, 0) is 0 Å². The SMILES string of the molecule is C1=CNCC1.c1ccc2[nH]ncc2c1. The Hall–Kier alpha value is -1.77. The summed E-state index contributed by atoms with van der Waals surface area (Å²) in [5, 5.41) is 11.0. The normalized spacial score (nSPS) is 13.4. The Morgan fingerprint density at radius 2 is 2.14 bits per heavy atom. The molecule has 72 valence electrons. The third kappa shape index (κ3) is 2.13. The molecule has 2 N–H and O–H groups in total. The zero-order valence-electron chi connectivity index (χ0n) is 7.90. The van der Waals surface area contributed by atoms with Gasteiger partial charge in [-0.1, -0.05) is 24.3 Å². The van der Waals surface area contributed by atoms with Gasteiger partial charge in [0, 0.05) is 11.9 Å². The molecule has 0 fully saturated rings. The Labute approximate surface area is 82.8 Å². The molecule has 2 aromatic rings. The number of benzene rings is 1. The lowest BCUT2D eigenvalue weighted by Crippen LogP contribution is -1.96. The Morgan fingerprint density at radius 1 is 1.21 bits per heavy atom. The van der Waals surface area contributed by atoms with E-state index in [0.717, 1.165) is 17.4 Å². The van der Waals surface area contributed by atoms with Crippen molar-refractivity contribution < 1.29 is 0 Å². The molecule has 3 nitrogen and oxygen atoms in total. The Balaban J connectivity index is 0.000000128. The minimum absolute atomic E-state index is 1.09. The van der Waals surface area contributed by atoms with Crippen LogP contribution in [0.3, 0.4) is 0 Å². The summed E-state index contributed by atoms with van der Waals surface area (Å²) in [4.78, 5) is 0. The molecule has 0 spiro atoms. The van der Waals surface area contributed by atoms with Gasteiger partial charge in [-0.05, 0) is 18.7 Å². The van der Waals surface area contributed by atoms with Gasteiger partial charge in [-0.3, -0.25) is 5.10 Å². The van der Waals surface area contributed by atoms with Crippen molar-refractivity contribution in [3.05, 3.63) is 42.7 Å². The molecule has 0 bridgehead atoms. The first-order valence-corrected chi connectivity index (χ1v) is 4.73. The molecule has 1 aliphatic heterocycles. The summed E-state index contributed by atoms with van der Waals surface area (Å²) < 4.78 is 0. The highest BCUT2D eigenvalue weighted by Gasteiger charge is 1.88. The molecule has 14 heavy (non-hydrogen) atoms. The highest BCUT2D eigenvalue weighted by molar-refractivity contribution is 5.77. The Morgan fingerprint density at radius 3 is 2.79 bits per heavy atom. The summed E-state index contributed by atoms with van der Waals surface area (Å²) in [5.74, 6) is 0. The standard InChI is InChI=1S/C7H6N2.C4H7N/c1-2-4-7-6(3-1)5-8-9-7;1-2-4-5-3-1/h1-5H,(H,8,9);1,3,5H,2,4H2. The lowest BCUT2D eigenvalue weighted by Gasteiger charge is -1.81. The van der Waals surface area contributed by atoms with Crippen molar-refractivity contribution in [1.29, 1.82) is 0 Å². The van der Waals surface area contributed by atoms with E-state index in [1.807, 2.05) is 36.7 Å². The van der Waals surface area contributed by atoms with E-state index in [1.165, 1.54) is 6.42 Å². The number of nitrogens with zero attached hydrogens (tertiary/aromatic N) is 1. The number of nitrogens with one attached hydrogen (secondary N) is 2. The molecule has 2 heterocycles. The summed E-state index contributed by atoms with van der Waals surface area (Å²) in [6.45, 7) is 1.14. The van der Waals surface area contributed by atoms with Gasteiger partial charge in [0.05, 0.1) is 11.7 Å². The summed E-state index contributed by atoms with van der Waals surface area (Å²) in [7, 11) is 0.